The minimum absolute atomic E-state index is 0.154. The monoisotopic (exact) mass is 282 g/mol. The van der Waals surface area contributed by atoms with Crippen molar-refractivity contribution in [1.82, 2.24) is 10.6 Å². The fourth-order valence-electron chi connectivity index (χ4n) is 2.36. The quantitative estimate of drug-likeness (QED) is 0.677. The number of carbonyl (C=O) groups is 1. The molecule has 0 aromatic heterocycles. The fourth-order valence-corrected chi connectivity index (χ4v) is 2.36. The fraction of sp³-hybridized carbons (Fsp3) is 0.500. The standard InChI is InChI=1S/C14H19FN2O3/c15-11-7-10(3-4-12(11)18)8-16-13(19)17-9-14(20)5-1-2-6-14/h3-4,7,18,20H,1-2,5-6,8-9H2,(H2,16,17,19). The number of hydrogen-bond donors (Lipinski definition) is 4. The summed E-state index contributed by atoms with van der Waals surface area (Å²) >= 11 is 0. The average Bonchev–Trinajstić information content (AvgIpc) is 2.85. The summed E-state index contributed by atoms with van der Waals surface area (Å²) in [6, 6.07) is 3.54. The second-order valence-corrected chi connectivity index (χ2v) is 5.25. The summed E-state index contributed by atoms with van der Waals surface area (Å²) in [5, 5.41) is 24.3. The first-order valence-corrected chi connectivity index (χ1v) is 6.70. The lowest BCUT2D eigenvalue weighted by atomic mass is 10.0. The summed E-state index contributed by atoms with van der Waals surface area (Å²) in [5.41, 5.74) is -0.239. The Labute approximate surface area is 116 Å². The van der Waals surface area contributed by atoms with Crippen LogP contribution >= 0.6 is 0 Å². The van der Waals surface area contributed by atoms with Crippen LogP contribution in [-0.2, 0) is 6.54 Å². The first kappa shape index (κ1) is 14.6. The van der Waals surface area contributed by atoms with Gasteiger partial charge in [-0.2, -0.15) is 0 Å². The number of halogens is 1. The molecule has 0 bridgehead atoms. The molecule has 0 saturated heterocycles. The molecule has 1 aromatic rings. The van der Waals surface area contributed by atoms with Crippen LogP contribution < -0.4 is 10.6 Å². The predicted molar refractivity (Wildman–Crippen MR) is 71.7 cm³/mol. The van der Waals surface area contributed by atoms with Gasteiger partial charge in [0.1, 0.15) is 0 Å². The first-order valence-electron chi connectivity index (χ1n) is 6.70. The summed E-state index contributed by atoms with van der Waals surface area (Å²) in [7, 11) is 0. The van der Waals surface area contributed by atoms with Crippen LogP contribution in [0.5, 0.6) is 5.75 Å². The Morgan fingerprint density at radius 1 is 1.30 bits per heavy atom. The maximum atomic E-state index is 13.1. The van der Waals surface area contributed by atoms with Crippen molar-refractivity contribution in [3.05, 3.63) is 29.6 Å². The third-order valence-electron chi connectivity index (χ3n) is 3.58. The molecule has 2 rings (SSSR count). The van der Waals surface area contributed by atoms with Crippen molar-refractivity contribution in [2.24, 2.45) is 0 Å². The molecule has 110 valence electrons. The number of rotatable bonds is 4. The zero-order valence-corrected chi connectivity index (χ0v) is 11.2. The van der Waals surface area contributed by atoms with Crippen molar-refractivity contribution < 1.29 is 19.4 Å². The minimum atomic E-state index is -0.790. The van der Waals surface area contributed by atoms with E-state index in [9.17, 15) is 14.3 Å². The molecule has 0 heterocycles. The number of hydrogen-bond acceptors (Lipinski definition) is 3. The Morgan fingerprint density at radius 2 is 2.00 bits per heavy atom. The van der Waals surface area contributed by atoms with Crippen LogP contribution in [0.15, 0.2) is 18.2 Å². The van der Waals surface area contributed by atoms with Crippen molar-refractivity contribution in [1.29, 1.82) is 0 Å². The lowest BCUT2D eigenvalue weighted by Crippen LogP contribution is -2.44. The Bertz CT molecular complexity index is 487. The van der Waals surface area contributed by atoms with Gasteiger partial charge in [-0.05, 0) is 30.5 Å². The first-order chi connectivity index (χ1) is 9.48. The molecule has 1 saturated carbocycles. The van der Waals surface area contributed by atoms with Gasteiger partial charge in [0.2, 0.25) is 0 Å². The van der Waals surface area contributed by atoms with Gasteiger partial charge in [0, 0.05) is 13.1 Å². The molecule has 0 spiro atoms. The maximum Gasteiger partial charge on any atom is 0.315 e. The largest absolute Gasteiger partial charge is 0.505 e. The zero-order chi connectivity index (χ0) is 14.6. The lowest BCUT2D eigenvalue weighted by molar-refractivity contribution is 0.0501. The summed E-state index contributed by atoms with van der Waals surface area (Å²) in [6.07, 6.45) is 3.37. The number of carbonyl (C=O) groups excluding carboxylic acids is 1. The number of amides is 2. The van der Waals surface area contributed by atoms with Gasteiger partial charge in [0.25, 0.3) is 0 Å². The number of nitrogens with one attached hydrogen (secondary N) is 2. The van der Waals surface area contributed by atoms with E-state index in [1.807, 2.05) is 0 Å². The summed E-state index contributed by atoms with van der Waals surface area (Å²) in [6.45, 7) is 0.379. The highest BCUT2D eigenvalue weighted by atomic mass is 19.1. The number of aromatic hydroxyl groups is 1. The van der Waals surface area contributed by atoms with Gasteiger partial charge in [-0.15, -0.1) is 0 Å². The molecule has 0 atom stereocenters. The second kappa shape index (κ2) is 6.09. The molecule has 0 aliphatic heterocycles. The molecular formula is C14H19FN2O3. The van der Waals surface area contributed by atoms with Gasteiger partial charge in [0.15, 0.2) is 11.6 Å². The molecule has 4 N–H and O–H groups in total. The van der Waals surface area contributed by atoms with Gasteiger partial charge in [0.05, 0.1) is 5.60 Å². The maximum absolute atomic E-state index is 13.1. The summed E-state index contributed by atoms with van der Waals surface area (Å²) in [4.78, 5) is 11.6. The highest BCUT2D eigenvalue weighted by Gasteiger charge is 2.31. The van der Waals surface area contributed by atoms with Gasteiger partial charge in [-0.1, -0.05) is 18.9 Å². The van der Waals surface area contributed by atoms with E-state index in [0.717, 1.165) is 12.8 Å². The number of urea groups is 1. The van der Waals surface area contributed by atoms with Crippen molar-refractivity contribution in [3.8, 4) is 5.75 Å². The van der Waals surface area contributed by atoms with Gasteiger partial charge >= 0.3 is 6.03 Å². The molecule has 6 heteroatoms. The van der Waals surface area contributed by atoms with E-state index in [1.165, 1.54) is 18.2 Å². The SMILES string of the molecule is O=C(NCc1ccc(O)c(F)c1)NCC1(O)CCCC1. The summed E-state index contributed by atoms with van der Waals surface area (Å²) < 4.78 is 13.1. The topological polar surface area (TPSA) is 81.6 Å². The normalized spacial score (nSPS) is 16.9. The van der Waals surface area contributed by atoms with E-state index in [-0.39, 0.29) is 13.1 Å². The van der Waals surface area contributed by atoms with E-state index in [2.05, 4.69) is 10.6 Å². The molecule has 5 nitrogen and oxygen atoms in total. The van der Waals surface area contributed by atoms with Crippen molar-refractivity contribution in [3.63, 3.8) is 0 Å². The Hall–Kier alpha value is -1.82. The van der Waals surface area contributed by atoms with Crippen LogP contribution in [0, 0.1) is 5.82 Å². The Balaban J connectivity index is 1.76. The van der Waals surface area contributed by atoms with Crippen molar-refractivity contribution in [2.75, 3.05) is 6.54 Å². The molecule has 0 radical (unpaired) electrons. The number of phenols is 1. The van der Waals surface area contributed by atoms with E-state index in [0.29, 0.717) is 18.4 Å². The van der Waals surface area contributed by atoms with Crippen LogP contribution in [0.2, 0.25) is 0 Å². The van der Waals surface area contributed by atoms with E-state index in [1.54, 1.807) is 0 Å². The van der Waals surface area contributed by atoms with Crippen LogP contribution in [0.4, 0.5) is 9.18 Å². The minimum Gasteiger partial charge on any atom is -0.505 e. The van der Waals surface area contributed by atoms with Crippen LogP contribution in [0.25, 0.3) is 0 Å². The van der Waals surface area contributed by atoms with Gasteiger partial charge < -0.3 is 20.8 Å². The number of aliphatic hydroxyl groups is 1. The summed E-state index contributed by atoms with van der Waals surface area (Å²) in [5.74, 6) is -1.13. The molecule has 1 fully saturated rings. The molecule has 0 unspecified atom stereocenters. The second-order valence-electron chi connectivity index (χ2n) is 5.25. The molecule has 1 aromatic carbocycles. The van der Waals surface area contributed by atoms with Crippen LogP contribution in [0.3, 0.4) is 0 Å². The van der Waals surface area contributed by atoms with E-state index >= 15 is 0 Å². The van der Waals surface area contributed by atoms with Gasteiger partial charge in [-0.3, -0.25) is 0 Å². The van der Waals surface area contributed by atoms with E-state index < -0.39 is 23.2 Å². The molecule has 1 aliphatic rings. The Kier molecular flexibility index (Phi) is 4.44. The van der Waals surface area contributed by atoms with Crippen LogP contribution in [0.1, 0.15) is 31.2 Å². The van der Waals surface area contributed by atoms with Crippen molar-refractivity contribution in [2.45, 2.75) is 37.8 Å². The van der Waals surface area contributed by atoms with Crippen LogP contribution in [-0.4, -0.2) is 28.4 Å². The molecule has 20 heavy (non-hydrogen) atoms. The number of phenolic OH excluding ortho intramolecular Hbond substituents is 1. The average molecular weight is 282 g/mol. The highest BCUT2D eigenvalue weighted by Crippen LogP contribution is 2.28. The third kappa shape index (κ3) is 3.84. The van der Waals surface area contributed by atoms with Crippen molar-refractivity contribution >= 4 is 6.03 Å². The zero-order valence-electron chi connectivity index (χ0n) is 11.2. The van der Waals surface area contributed by atoms with Gasteiger partial charge in [-0.25, -0.2) is 9.18 Å². The molecule has 2 amide bonds. The Morgan fingerprint density at radius 3 is 2.65 bits per heavy atom. The predicted octanol–water partition coefficient (Wildman–Crippen LogP) is 1.64. The van der Waals surface area contributed by atoms with E-state index in [4.69, 9.17) is 5.11 Å². The third-order valence-corrected chi connectivity index (χ3v) is 3.58. The number of benzene rings is 1. The molecule has 1 aliphatic carbocycles. The molecular weight excluding hydrogens is 263 g/mol. The lowest BCUT2D eigenvalue weighted by Gasteiger charge is -2.22. The highest BCUT2D eigenvalue weighted by molar-refractivity contribution is 5.73. The smallest absolute Gasteiger partial charge is 0.315 e.